The number of methoxy groups -OCH3 is 1. The van der Waals surface area contributed by atoms with Crippen LogP contribution in [0.3, 0.4) is 0 Å². The molecule has 0 aromatic carbocycles. The average Bonchev–Trinajstić information content (AvgIpc) is 2.85. The molecule has 1 fully saturated rings. The molecular formula is C9H9F3N2O2. The number of ether oxygens (including phenoxy) is 1. The largest absolute Gasteiger partial charge is 0.467 e. The number of hydrogen-bond acceptors (Lipinski definition) is 3. The van der Waals surface area contributed by atoms with Crippen LogP contribution in [0, 0.1) is 0 Å². The number of rotatable bonds is 2. The summed E-state index contributed by atoms with van der Waals surface area (Å²) in [5.74, 6) is -0.552. The Morgan fingerprint density at radius 1 is 1.56 bits per heavy atom. The van der Waals surface area contributed by atoms with Crippen LogP contribution in [0.25, 0.3) is 0 Å². The van der Waals surface area contributed by atoms with Gasteiger partial charge in [-0.05, 0) is 12.8 Å². The third-order valence-electron chi connectivity index (χ3n) is 2.64. The first-order valence-corrected chi connectivity index (χ1v) is 4.61. The number of carbonyl (C=O) groups is 1. The molecule has 0 saturated heterocycles. The lowest BCUT2D eigenvalue weighted by atomic mass is 10.3. The van der Waals surface area contributed by atoms with E-state index in [2.05, 4.69) is 9.84 Å². The Kier molecular flexibility index (Phi) is 2.21. The van der Waals surface area contributed by atoms with Crippen molar-refractivity contribution < 1.29 is 22.7 Å². The highest BCUT2D eigenvalue weighted by molar-refractivity contribution is 5.81. The van der Waals surface area contributed by atoms with Crippen molar-refractivity contribution >= 4 is 5.97 Å². The maximum absolute atomic E-state index is 12.3. The van der Waals surface area contributed by atoms with Gasteiger partial charge in [0.2, 0.25) is 0 Å². The van der Waals surface area contributed by atoms with Gasteiger partial charge in [-0.2, -0.15) is 18.3 Å². The van der Waals surface area contributed by atoms with Crippen LogP contribution in [0.2, 0.25) is 0 Å². The molecule has 0 atom stereocenters. The fraction of sp³-hybridized carbons (Fsp3) is 0.556. The maximum Gasteiger partial charge on any atom is 0.419 e. The second-order valence-electron chi connectivity index (χ2n) is 3.69. The summed E-state index contributed by atoms with van der Waals surface area (Å²) in [7, 11) is 1.20. The van der Waals surface area contributed by atoms with Gasteiger partial charge in [-0.15, -0.1) is 0 Å². The molecule has 1 aromatic rings. The Labute approximate surface area is 89.0 Å². The summed E-state index contributed by atoms with van der Waals surface area (Å²) in [5, 5.41) is 3.58. The first kappa shape index (κ1) is 11.0. The lowest BCUT2D eigenvalue weighted by Crippen LogP contribution is -2.29. The van der Waals surface area contributed by atoms with Crippen LogP contribution >= 0.6 is 0 Å². The second-order valence-corrected chi connectivity index (χ2v) is 3.69. The van der Waals surface area contributed by atoms with Gasteiger partial charge in [0.1, 0.15) is 0 Å². The highest BCUT2D eigenvalue weighted by Crippen LogP contribution is 2.44. The molecule has 88 valence electrons. The van der Waals surface area contributed by atoms with Crippen LogP contribution < -0.4 is 0 Å². The van der Waals surface area contributed by atoms with Gasteiger partial charge < -0.3 is 4.74 Å². The number of aromatic nitrogens is 2. The Balaban J connectivity index is 2.30. The average molecular weight is 234 g/mol. The normalized spacial score (nSPS) is 18.2. The van der Waals surface area contributed by atoms with Crippen LogP contribution in [0.4, 0.5) is 13.2 Å². The van der Waals surface area contributed by atoms with Crippen molar-refractivity contribution in [1.29, 1.82) is 0 Å². The minimum Gasteiger partial charge on any atom is -0.467 e. The molecular weight excluding hydrogens is 225 g/mol. The fourth-order valence-electron chi connectivity index (χ4n) is 1.54. The predicted molar refractivity (Wildman–Crippen MR) is 46.5 cm³/mol. The molecule has 1 aromatic heterocycles. The van der Waals surface area contributed by atoms with E-state index in [1.165, 1.54) is 7.11 Å². The van der Waals surface area contributed by atoms with Crippen molar-refractivity contribution in [2.24, 2.45) is 0 Å². The molecule has 16 heavy (non-hydrogen) atoms. The molecule has 0 spiro atoms. The molecule has 0 amide bonds. The molecule has 1 heterocycles. The number of halogens is 3. The van der Waals surface area contributed by atoms with Gasteiger partial charge in [-0.3, -0.25) is 4.68 Å². The SMILES string of the molecule is COC(=O)C1(n2cc(C(F)(F)F)cn2)CC1. The van der Waals surface area contributed by atoms with E-state index >= 15 is 0 Å². The molecule has 0 bridgehead atoms. The van der Waals surface area contributed by atoms with Crippen molar-refractivity contribution in [3.05, 3.63) is 18.0 Å². The molecule has 0 N–H and O–H groups in total. The van der Waals surface area contributed by atoms with E-state index < -0.39 is 23.2 Å². The molecule has 1 saturated carbocycles. The van der Waals surface area contributed by atoms with Gasteiger partial charge in [0.05, 0.1) is 18.9 Å². The molecule has 0 aliphatic heterocycles. The third-order valence-corrected chi connectivity index (χ3v) is 2.64. The molecule has 1 aliphatic rings. The summed E-state index contributed by atoms with van der Waals surface area (Å²) in [5.41, 5.74) is -1.87. The molecule has 1 aliphatic carbocycles. The van der Waals surface area contributed by atoms with Gasteiger partial charge in [0, 0.05) is 6.20 Å². The van der Waals surface area contributed by atoms with Crippen molar-refractivity contribution in [2.45, 2.75) is 24.6 Å². The van der Waals surface area contributed by atoms with Gasteiger partial charge >= 0.3 is 12.1 Å². The summed E-state index contributed by atoms with van der Waals surface area (Å²) in [6, 6.07) is 0. The van der Waals surface area contributed by atoms with E-state index in [4.69, 9.17) is 0 Å². The van der Waals surface area contributed by atoms with Crippen LogP contribution in [0.15, 0.2) is 12.4 Å². The van der Waals surface area contributed by atoms with E-state index in [-0.39, 0.29) is 0 Å². The molecule has 7 heteroatoms. The standard InChI is InChI=1S/C9H9F3N2O2/c1-16-7(15)8(2-3-8)14-5-6(4-13-14)9(10,11)12/h4-5H,2-3H2,1H3. The van der Waals surface area contributed by atoms with Crippen molar-refractivity contribution in [3.8, 4) is 0 Å². The zero-order valence-corrected chi connectivity index (χ0v) is 8.41. The molecule has 0 unspecified atom stereocenters. The third kappa shape index (κ3) is 1.56. The number of alkyl halides is 3. The van der Waals surface area contributed by atoms with Gasteiger partial charge in [0.15, 0.2) is 5.54 Å². The lowest BCUT2D eigenvalue weighted by Gasteiger charge is -2.12. The van der Waals surface area contributed by atoms with Crippen LogP contribution in [0.5, 0.6) is 0 Å². The molecule has 2 rings (SSSR count). The Morgan fingerprint density at radius 3 is 2.56 bits per heavy atom. The van der Waals surface area contributed by atoms with Gasteiger partial charge in [-0.1, -0.05) is 0 Å². The number of nitrogens with zero attached hydrogens (tertiary/aromatic N) is 2. The summed E-state index contributed by atoms with van der Waals surface area (Å²) in [6.07, 6.45) is -1.98. The van der Waals surface area contributed by atoms with E-state index in [9.17, 15) is 18.0 Å². The van der Waals surface area contributed by atoms with Crippen molar-refractivity contribution in [3.63, 3.8) is 0 Å². The van der Waals surface area contributed by atoms with Crippen LogP contribution in [-0.4, -0.2) is 22.9 Å². The highest BCUT2D eigenvalue weighted by Gasteiger charge is 2.54. The van der Waals surface area contributed by atoms with E-state index in [1.807, 2.05) is 0 Å². The Hall–Kier alpha value is -1.53. The minimum atomic E-state index is -4.44. The van der Waals surface area contributed by atoms with Gasteiger partial charge in [-0.25, -0.2) is 4.79 Å². The van der Waals surface area contributed by atoms with Crippen molar-refractivity contribution in [2.75, 3.05) is 7.11 Å². The first-order valence-electron chi connectivity index (χ1n) is 4.61. The number of carbonyl (C=O) groups excluding carboxylic acids is 1. The Bertz CT molecular complexity index is 421. The van der Waals surface area contributed by atoms with Crippen LogP contribution in [0.1, 0.15) is 18.4 Å². The van der Waals surface area contributed by atoms with Gasteiger partial charge in [0.25, 0.3) is 0 Å². The zero-order chi connectivity index (χ0) is 12.0. The quantitative estimate of drug-likeness (QED) is 0.729. The number of hydrogen-bond donors (Lipinski definition) is 0. The lowest BCUT2D eigenvalue weighted by molar-refractivity contribution is -0.147. The predicted octanol–water partition coefficient (Wildman–Crippen LogP) is 1.56. The first-order chi connectivity index (χ1) is 7.40. The van der Waals surface area contributed by atoms with E-state index in [0.717, 1.165) is 10.9 Å². The second kappa shape index (κ2) is 3.23. The molecule has 4 nitrogen and oxygen atoms in total. The summed E-state index contributed by atoms with van der Waals surface area (Å²) < 4.78 is 42.6. The smallest absolute Gasteiger partial charge is 0.419 e. The minimum absolute atomic E-state index is 0.457. The Morgan fingerprint density at radius 2 is 2.19 bits per heavy atom. The summed E-state index contributed by atoms with van der Waals surface area (Å²) in [6.45, 7) is 0. The topological polar surface area (TPSA) is 44.1 Å². The molecule has 0 radical (unpaired) electrons. The number of esters is 1. The monoisotopic (exact) mass is 234 g/mol. The maximum atomic E-state index is 12.3. The summed E-state index contributed by atoms with van der Waals surface area (Å²) >= 11 is 0. The van der Waals surface area contributed by atoms with Crippen LogP contribution in [-0.2, 0) is 21.2 Å². The van der Waals surface area contributed by atoms with E-state index in [1.54, 1.807) is 0 Å². The summed E-state index contributed by atoms with van der Waals surface area (Å²) in [4.78, 5) is 11.4. The highest BCUT2D eigenvalue weighted by atomic mass is 19.4. The van der Waals surface area contributed by atoms with Crippen molar-refractivity contribution in [1.82, 2.24) is 9.78 Å². The zero-order valence-electron chi connectivity index (χ0n) is 8.41. The fourth-order valence-corrected chi connectivity index (χ4v) is 1.54. The van der Waals surface area contributed by atoms with E-state index in [0.29, 0.717) is 19.0 Å².